The molecule has 3 atom stereocenters. The molecule has 1 aromatic heterocycles. The molecule has 2 aliphatic rings. The number of carbonyl (C=O) groups excluding carboxylic acids is 3. The second-order valence-electron chi connectivity index (χ2n) is 8.47. The highest BCUT2D eigenvalue weighted by atomic mass is 32.1. The first-order valence-corrected chi connectivity index (χ1v) is 11.9. The number of amides is 2. The van der Waals surface area contributed by atoms with Crippen LogP contribution in [0.3, 0.4) is 0 Å². The van der Waals surface area contributed by atoms with E-state index in [9.17, 15) is 24.5 Å². The van der Waals surface area contributed by atoms with Crippen molar-refractivity contribution in [3.63, 3.8) is 0 Å². The van der Waals surface area contributed by atoms with E-state index >= 15 is 0 Å². The van der Waals surface area contributed by atoms with Gasteiger partial charge in [-0.25, -0.2) is 14.8 Å². The SMILES string of the molecule is COC(=O)c1c(N2C(=O)[C@@H]3[C@@H](ON(c4ccccc4)[C@H]3c3ccc([N+](=O)[O-])cc3)C2=O)sc(C)c1C. The van der Waals surface area contributed by atoms with E-state index in [1.807, 2.05) is 6.07 Å². The molecule has 2 aromatic carbocycles. The van der Waals surface area contributed by atoms with Crippen LogP contribution in [0.25, 0.3) is 0 Å². The Kier molecular flexibility index (Phi) is 5.81. The third-order valence-corrected chi connectivity index (χ3v) is 7.72. The van der Waals surface area contributed by atoms with E-state index in [1.165, 1.54) is 35.6 Å². The van der Waals surface area contributed by atoms with E-state index in [0.717, 1.165) is 9.78 Å². The fourth-order valence-corrected chi connectivity index (χ4v) is 5.81. The molecular formula is C25H21N3O7S. The first-order chi connectivity index (χ1) is 17.2. The van der Waals surface area contributed by atoms with Crippen molar-refractivity contribution in [2.24, 2.45) is 5.92 Å². The summed E-state index contributed by atoms with van der Waals surface area (Å²) in [6.07, 6.45) is -1.13. The molecule has 2 amide bonds. The zero-order chi connectivity index (χ0) is 25.7. The van der Waals surface area contributed by atoms with Crippen molar-refractivity contribution in [2.75, 3.05) is 17.1 Å². The van der Waals surface area contributed by atoms with Crippen LogP contribution in [0.1, 0.15) is 32.4 Å². The number of esters is 1. The number of nitrogens with zero attached hydrogens (tertiary/aromatic N) is 3. The van der Waals surface area contributed by atoms with Crippen molar-refractivity contribution in [2.45, 2.75) is 26.0 Å². The Hall–Kier alpha value is -4.09. The first-order valence-electron chi connectivity index (χ1n) is 11.1. The highest BCUT2D eigenvalue weighted by Crippen LogP contribution is 2.49. The van der Waals surface area contributed by atoms with Gasteiger partial charge >= 0.3 is 5.97 Å². The molecule has 2 saturated heterocycles. The summed E-state index contributed by atoms with van der Waals surface area (Å²) in [6.45, 7) is 3.54. The molecule has 0 saturated carbocycles. The number of ether oxygens (including phenoxy) is 1. The first kappa shape index (κ1) is 23.6. The van der Waals surface area contributed by atoms with Gasteiger partial charge in [0.25, 0.3) is 11.6 Å². The summed E-state index contributed by atoms with van der Waals surface area (Å²) < 4.78 is 4.91. The summed E-state index contributed by atoms with van der Waals surface area (Å²) in [6, 6.07) is 14.1. The smallest absolute Gasteiger partial charge is 0.341 e. The monoisotopic (exact) mass is 507 g/mol. The van der Waals surface area contributed by atoms with Crippen LogP contribution in [0, 0.1) is 29.9 Å². The van der Waals surface area contributed by atoms with Crippen molar-refractivity contribution >= 4 is 45.5 Å². The van der Waals surface area contributed by atoms with Crippen LogP contribution < -0.4 is 9.96 Å². The lowest BCUT2D eigenvalue weighted by Gasteiger charge is -2.28. The van der Waals surface area contributed by atoms with Crippen LogP contribution in [0.5, 0.6) is 0 Å². The molecule has 184 valence electrons. The van der Waals surface area contributed by atoms with Gasteiger partial charge < -0.3 is 4.74 Å². The van der Waals surface area contributed by atoms with E-state index < -0.39 is 40.8 Å². The number of anilines is 2. The zero-order valence-electron chi connectivity index (χ0n) is 19.5. The van der Waals surface area contributed by atoms with Gasteiger partial charge in [-0.05, 0) is 37.1 Å². The minimum absolute atomic E-state index is 0.0943. The minimum atomic E-state index is -1.13. The predicted octanol–water partition coefficient (Wildman–Crippen LogP) is 4.11. The molecule has 0 aliphatic carbocycles. The quantitative estimate of drug-likeness (QED) is 0.219. The Morgan fingerprint density at radius 1 is 1.06 bits per heavy atom. The number of hydrogen-bond acceptors (Lipinski definition) is 9. The van der Waals surface area contributed by atoms with Crippen molar-refractivity contribution in [1.29, 1.82) is 0 Å². The van der Waals surface area contributed by atoms with Crippen molar-refractivity contribution < 1.29 is 28.9 Å². The predicted molar refractivity (Wildman–Crippen MR) is 131 cm³/mol. The van der Waals surface area contributed by atoms with Gasteiger partial charge in [0.15, 0.2) is 6.10 Å². The fraction of sp³-hybridized carbons (Fsp3) is 0.240. The maximum atomic E-state index is 13.9. The Morgan fingerprint density at radius 2 is 1.72 bits per heavy atom. The molecule has 0 unspecified atom stereocenters. The molecule has 3 aromatic rings. The van der Waals surface area contributed by atoms with Gasteiger partial charge in [0, 0.05) is 17.0 Å². The van der Waals surface area contributed by atoms with Crippen molar-refractivity contribution in [3.05, 3.63) is 86.3 Å². The number of nitro groups is 1. The number of benzene rings is 2. The lowest BCUT2D eigenvalue weighted by atomic mass is 9.90. The Bertz CT molecular complexity index is 1390. The number of aryl methyl sites for hydroxylation is 1. The summed E-state index contributed by atoms with van der Waals surface area (Å²) in [7, 11) is 1.24. The number of hydrogen-bond donors (Lipinski definition) is 0. The number of non-ortho nitro benzene ring substituents is 1. The highest BCUT2D eigenvalue weighted by Gasteiger charge is 2.61. The lowest BCUT2D eigenvalue weighted by molar-refractivity contribution is -0.384. The second-order valence-corrected chi connectivity index (χ2v) is 9.68. The van der Waals surface area contributed by atoms with Gasteiger partial charge in [-0.2, -0.15) is 0 Å². The third-order valence-electron chi connectivity index (χ3n) is 6.53. The van der Waals surface area contributed by atoms with Crippen LogP contribution in [-0.4, -0.2) is 35.9 Å². The summed E-state index contributed by atoms with van der Waals surface area (Å²) in [5.74, 6) is -2.67. The van der Waals surface area contributed by atoms with Crippen LogP contribution in [0.4, 0.5) is 16.4 Å². The third kappa shape index (κ3) is 3.55. The summed E-state index contributed by atoms with van der Waals surface area (Å²) >= 11 is 1.17. The second kappa shape index (κ2) is 8.85. The van der Waals surface area contributed by atoms with Crippen LogP contribution in [0.15, 0.2) is 54.6 Å². The normalized spacial score (nSPS) is 21.1. The van der Waals surface area contributed by atoms with Crippen LogP contribution >= 0.6 is 11.3 Å². The molecule has 2 aliphatic heterocycles. The molecular weight excluding hydrogens is 486 g/mol. The molecule has 36 heavy (non-hydrogen) atoms. The number of fused-ring (bicyclic) bond motifs is 1. The Labute approximate surface area is 209 Å². The topological polar surface area (TPSA) is 119 Å². The van der Waals surface area contributed by atoms with E-state index in [4.69, 9.17) is 9.57 Å². The molecule has 5 rings (SSSR count). The maximum Gasteiger partial charge on any atom is 0.341 e. The van der Waals surface area contributed by atoms with Gasteiger partial charge in [-0.3, -0.25) is 24.5 Å². The number of rotatable bonds is 5. The number of hydroxylamine groups is 1. The number of methoxy groups -OCH3 is 1. The van der Waals surface area contributed by atoms with E-state index in [1.54, 1.807) is 50.2 Å². The molecule has 0 radical (unpaired) electrons. The summed E-state index contributed by atoms with van der Waals surface area (Å²) in [4.78, 5) is 58.5. The highest BCUT2D eigenvalue weighted by molar-refractivity contribution is 7.17. The largest absolute Gasteiger partial charge is 0.465 e. The molecule has 10 nitrogen and oxygen atoms in total. The van der Waals surface area contributed by atoms with Crippen molar-refractivity contribution in [3.8, 4) is 0 Å². The number of imide groups is 1. The average Bonchev–Trinajstić information content (AvgIpc) is 3.49. The standard InChI is InChI=1S/C25H21N3O7S/c1-13-14(2)36-24(18(13)25(31)34-3)26-22(29)19-20(15-9-11-17(12-10-15)28(32)33)27(35-21(19)23(26)30)16-7-5-4-6-8-16/h4-12,19-21H,1-3H3/t19-,20-,21+/m0/s1. The van der Waals surface area contributed by atoms with Gasteiger partial charge in [-0.1, -0.05) is 30.3 Å². The van der Waals surface area contributed by atoms with Crippen LogP contribution in [0.2, 0.25) is 0 Å². The number of nitro benzene ring substituents is 1. The van der Waals surface area contributed by atoms with Crippen molar-refractivity contribution in [1.82, 2.24) is 0 Å². The van der Waals surface area contributed by atoms with Crippen LogP contribution in [-0.2, 0) is 19.2 Å². The Morgan fingerprint density at radius 3 is 2.33 bits per heavy atom. The summed E-state index contributed by atoms with van der Waals surface area (Å²) in [5, 5.41) is 12.9. The van der Waals surface area contributed by atoms with Gasteiger partial charge in [0.1, 0.15) is 10.9 Å². The Balaban J connectivity index is 1.60. The molecule has 0 spiro atoms. The van der Waals surface area contributed by atoms with E-state index in [2.05, 4.69) is 0 Å². The molecule has 11 heteroatoms. The molecule has 2 fully saturated rings. The van der Waals surface area contributed by atoms with E-state index in [0.29, 0.717) is 16.8 Å². The number of thiophene rings is 1. The number of para-hydroxylation sites is 1. The average molecular weight is 508 g/mol. The number of carbonyl (C=O) groups is 3. The van der Waals surface area contributed by atoms with Gasteiger partial charge in [-0.15, -0.1) is 11.3 Å². The van der Waals surface area contributed by atoms with E-state index in [-0.39, 0.29) is 16.3 Å². The molecule has 0 N–H and O–H groups in total. The summed E-state index contributed by atoms with van der Waals surface area (Å²) in [5.41, 5.74) is 1.92. The molecule has 3 heterocycles. The maximum absolute atomic E-state index is 13.9. The van der Waals surface area contributed by atoms with Gasteiger partial charge in [0.05, 0.1) is 29.3 Å². The lowest BCUT2D eigenvalue weighted by Crippen LogP contribution is -2.37. The minimum Gasteiger partial charge on any atom is -0.465 e. The zero-order valence-corrected chi connectivity index (χ0v) is 20.4. The molecule has 0 bridgehead atoms. The van der Waals surface area contributed by atoms with Gasteiger partial charge in [0.2, 0.25) is 5.91 Å². The fourth-order valence-electron chi connectivity index (χ4n) is 4.65.